The number of hydrogen-bond acceptors (Lipinski definition) is 1. The molecule has 0 bridgehead atoms. The van der Waals surface area contributed by atoms with Crippen LogP contribution < -0.4 is 0 Å². The van der Waals surface area contributed by atoms with E-state index in [1.54, 1.807) is 18.2 Å². The summed E-state index contributed by atoms with van der Waals surface area (Å²) in [6, 6.07) is 11.0. The monoisotopic (exact) mass is 344 g/mol. The zero-order valence-corrected chi connectivity index (χ0v) is 12.7. The molecule has 1 N–H and O–H groups in total. The van der Waals surface area contributed by atoms with E-state index in [-0.39, 0.29) is 0 Å². The summed E-state index contributed by atoms with van der Waals surface area (Å²) in [6.45, 7) is 1.95. The molecule has 1 nitrogen and oxygen atoms in total. The summed E-state index contributed by atoms with van der Waals surface area (Å²) in [5.41, 5.74) is 2.42. The van der Waals surface area contributed by atoms with Crippen LogP contribution in [-0.4, -0.2) is 5.11 Å². The summed E-state index contributed by atoms with van der Waals surface area (Å²) in [6.07, 6.45) is -0.784. The molecule has 0 aliphatic rings. The van der Waals surface area contributed by atoms with Gasteiger partial charge in [0.05, 0.1) is 10.0 Å². The number of halogens is 3. The molecule has 2 aromatic carbocycles. The van der Waals surface area contributed by atoms with Crippen LogP contribution in [0.5, 0.6) is 0 Å². The van der Waals surface area contributed by atoms with Crippen LogP contribution >= 0.6 is 39.1 Å². The van der Waals surface area contributed by atoms with Gasteiger partial charge < -0.3 is 5.11 Å². The van der Waals surface area contributed by atoms with E-state index >= 15 is 0 Å². The van der Waals surface area contributed by atoms with Gasteiger partial charge in [0.2, 0.25) is 0 Å². The average molecular weight is 346 g/mol. The quantitative estimate of drug-likeness (QED) is 0.798. The van der Waals surface area contributed by atoms with Gasteiger partial charge in [-0.3, -0.25) is 0 Å². The fourth-order valence-corrected chi connectivity index (χ4v) is 2.61. The lowest BCUT2D eigenvalue weighted by Crippen LogP contribution is -2.03. The molecule has 0 aliphatic carbocycles. The standard InChI is InChI=1S/C14H11BrCl2O/c1-8-9(4-2-6-11(8)15)14(18)10-5-3-7-12(16)13(10)17/h2-7,14,18H,1H3. The van der Waals surface area contributed by atoms with Crippen LogP contribution in [0.3, 0.4) is 0 Å². The molecular weight excluding hydrogens is 335 g/mol. The topological polar surface area (TPSA) is 20.2 Å². The second-order valence-corrected chi connectivity index (χ2v) is 5.64. The van der Waals surface area contributed by atoms with Gasteiger partial charge in [0, 0.05) is 10.0 Å². The minimum atomic E-state index is -0.784. The van der Waals surface area contributed by atoms with Crippen LogP contribution in [0.4, 0.5) is 0 Å². The van der Waals surface area contributed by atoms with Gasteiger partial charge in [-0.1, -0.05) is 63.4 Å². The van der Waals surface area contributed by atoms with E-state index in [9.17, 15) is 5.11 Å². The highest BCUT2D eigenvalue weighted by Crippen LogP contribution is 2.35. The zero-order valence-electron chi connectivity index (χ0n) is 9.62. The van der Waals surface area contributed by atoms with Gasteiger partial charge in [-0.05, 0) is 30.2 Å². The first-order chi connectivity index (χ1) is 8.52. The van der Waals surface area contributed by atoms with Crippen molar-refractivity contribution in [2.75, 3.05) is 0 Å². The number of benzene rings is 2. The Morgan fingerprint density at radius 2 is 1.67 bits per heavy atom. The Morgan fingerprint density at radius 1 is 1.06 bits per heavy atom. The molecule has 0 saturated carbocycles. The molecule has 4 heteroatoms. The van der Waals surface area contributed by atoms with Crippen molar-refractivity contribution in [1.82, 2.24) is 0 Å². The van der Waals surface area contributed by atoms with Crippen LogP contribution in [-0.2, 0) is 0 Å². The molecule has 2 rings (SSSR count). The molecule has 1 atom stereocenters. The van der Waals surface area contributed by atoms with Crippen molar-refractivity contribution < 1.29 is 5.11 Å². The Morgan fingerprint density at radius 3 is 2.39 bits per heavy atom. The largest absolute Gasteiger partial charge is 0.384 e. The van der Waals surface area contributed by atoms with E-state index in [1.807, 2.05) is 25.1 Å². The second kappa shape index (κ2) is 5.62. The molecule has 0 amide bonds. The van der Waals surface area contributed by atoms with Crippen molar-refractivity contribution in [3.63, 3.8) is 0 Å². The van der Waals surface area contributed by atoms with Crippen LogP contribution in [0.15, 0.2) is 40.9 Å². The van der Waals surface area contributed by atoms with Crippen LogP contribution in [0.25, 0.3) is 0 Å². The van der Waals surface area contributed by atoms with Gasteiger partial charge in [-0.2, -0.15) is 0 Å². The van der Waals surface area contributed by atoms with E-state index in [2.05, 4.69) is 15.9 Å². The fraction of sp³-hybridized carbons (Fsp3) is 0.143. The smallest absolute Gasteiger partial charge is 0.106 e. The van der Waals surface area contributed by atoms with Crippen molar-refractivity contribution in [1.29, 1.82) is 0 Å². The highest BCUT2D eigenvalue weighted by atomic mass is 79.9. The predicted molar refractivity (Wildman–Crippen MR) is 79.4 cm³/mol. The van der Waals surface area contributed by atoms with Crippen molar-refractivity contribution in [3.05, 3.63) is 67.6 Å². The molecule has 0 aliphatic heterocycles. The summed E-state index contributed by atoms with van der Waals surface area (Å²) in [5.74, 6) is 0. The molecule has 0 aromatic heterocycles. The zero-order chi connectivity index (χ0) is 13.3. The molecule has 0 radical (unpaired) electrons. The van der Waals surface area contributed by atoms with Gasteiger partial charge in [-0.15, -0.1) is 0 Å². The third-order valence-electron chi connectivity index (χ3n) is 2.88. The number of aliphatic hydroxyl groups excluding tert-OH is 1. The molecule has 0 fully saturated rings. The summed E-state index contributed by atoms with van der Waals surface area (Å²) in [4.78, 5) is 0. The van der Waals surface area contributed by atoms with Crippen LogP contribution in [0.1, 0.15) is 22.8 Å². The highest BCUT2D eigenvalue weighted by molar-refractivity contribution is 9.10. The van der Waals surface area contributed by atoms with E-state index in [4.69, 9.17) is 23.2 Å². The van der Waals surface area contributed by atoms with E-state index in [0.29, 0.717) is 15.6 Å². The van der Waals surface area contributed by atoms with E-state index < -0.39 is 6.10 Å². The second-order valence-electron chi connectivity index (χ2n) is 4.00. The summed E-state index contributed by atoms with van der Waals surface area (Å²) < 4.78 is 0.956. The maximum Gasteiger partial charge on any atom is 0.106 e. The minimum absolute atomic E-state index is 0.394. The van der Waals surface area contributed by atoms with Crippen LogP contribution in [0, 0.1) is 6.92 Å². The molecule has 0 heterocycles. The lowest BCUT2D eigenvalue weighted by atomic mass is 9.97. The molecule has 18 heavy (non-hydrogen) atoms. The minimum Gasteiger partial charge on any atom is -0.384 e. The number of rotatable bonds is 2. The first-order valence-electron chi connectivity index (χ1n) is 5.39. The molecule has 94 valence electrons. The third kappa shape index (κ3) is 2.57. The Kier molecular flexibility index (Phi) is 4.33. The predicted octanol–water partition coefficient (Wildman–Crippen LogP) is 5.15. The Bertz CT molecular complexity index is 533. The first kappa shape index (κ1) is 13.9. The Labute approximate surface area is 124 Å². The van der Waals surface area contributed by atoms with Crippen molar-refractivity contribution >= 4 is 39.1 Å². The fourth-order valence-electron chi connectivity index (χ4n) is 1.82. The molecule has 0 saturated heterocycles. The molecule has 2 aromatic rings. The van der Waals surface area contributed by atoms with Crippen molar-refractivity contribution in [3.8, 4) is 0 Å². The van der Waals surface area contributed by atoms with E-state index in [0.717, 1.165) is 15.6 Å². The molecule has 0 spiro atoms. The highest BCUT2D eigenvalue weighted by Gasteiger charge is 2.18. The first-order valence-corrected chi connectivity index (χ1v) is 6.94. The lowest BCUT2D eigenvalue weighted by molar-refractivity contribution is 0.219. The van der Waals surface area contributed by atoms with Gasteiger partial charge in [0.15, 0.2) is 0 Å². The van der Waals surface area contributed by atoms with Crippen molar-refractivity contribution in [2.45, 2.75) is 13.0 Å². The lowest BCUT2D eigenvalue weighted by Gasteiger charge is -2.16. The van der Waals surface area contributed by atoms with Gasteiger partial charge >= 0.3 is 0 Å². The van der Waals surface area contributed by atoms with Gasteiger partial charge in [0.1, 0.15) is 6.10 Å². The summed E-state index contributed by atoms with van der Waals surface area (Å²) >= 11 is 15.5. The molecule has 1 unspecified atom stereocenters. The average Bonchev–Trinajstić information content (AvgIpc) is 2.35. The third-order valence-corrected chi connectivity index (χ3v) is 4.57. The van der Waals surface area contributed by atoms with Gasteiger partial charge in [-0.25, -0.2) is 0 Å². The summed E-state index contributed by atoms with van der Waals surface area (Å²) in [5, 5.41) is 11.3. The van der Waals surface area contributed by atoms with Gasteiger partial charge in [0.25, 0.3) is 0 Å². The maximum absolute atomic E-state index is 10.4. The number of aliphatic hydroxyl groups is 1. The van der Waals surface area contributed by atoms with E-state index in [1.165, 1.54) is 0 Å². The number of hydrogen-bond donors (Lipinski definition) is 1. The summed E-state index contributed by atoms with van der Waals surface area (Å²) in [7, 11) is 0. The normalized spacial score (nSPS) is 12.5. The molecular formula is C14H11BrCl2O. The maximum atomic E-state index is 10.4. The Balaban J connectivity index is 2.51. The SMILES string of the molecule is Cc1c(Br)cccc1C(O)c1cccc(Cl)c1Cl. The van der Waals surface area contributed by atoms with Crippen LogP contribution in [0.2, 0.25) is 10.0 Å². The van der Waals surface area contributed by atoms with Crippen molar-refractivity contribution in [2.24, 2.45) is 0 Å². The Hall–Kier alpha value is -0.540.